The lowest BCUT2D eigenvalue weighted by molar-refractivity contribution is -0.144. The molecule has 7 heteroatoms. The molecule has 132 valence electrons. The zero-order valence-corrected chi connectivity index (χ0v) is 13.7. The van der Waals surface area contributed by atoms with Crippen molar-refractivity contribution in [2.24, 2.45) is 0 Å². The number of rotatable bonds is 4. The second-order valence-corrected chi connectivity index (χ2v) is 6.79. The Morgan fingerprint density at radius 2 is 1.96 bits per heavy atom. The SMILES string of the molecule is O=C(O)C(c1cc(F)cc(F)c1)N1CCc2c(ncn2C2CCC2)C1. The van der Waals surface area contributed by atoms with Crippen LogP contribution in [0.15, 0.2) is 24.5 Å². The molecule has 2 heterocycles. The van der Waals surface area contributed by atoms with Crippen molar-refractivity contribution < 1.29 is 18.7 Å². The van der Waals surface area contributed by atoms with Gasteiger partial charge in [0, 0.05) is 37.3 Å². The molecular formula is C18H19F2N3O2. The highest BCUT2D eigenvalue weighted by Gasteiger charge is 2.33. The van der Waals surface area contributed by atoms with E-state index in [1.165, 1.54) is 6.42 Å². The van der Waals surface area contributed by atoms with Crippen molar-refractivity contribution in [3.8, 4) is 0 Å². The summed E-state index contributed by atoms with van der Waals surface area (Å²) < 4.78 is 29.3. The van der Waals surface area contributed by atoms with Gasteiger partial charge in [-0.15, -0.1) is 0 Å². The molecule has 1 N–H and O–H groups in total. The molecule has 4 rings (SSSR count). The molecule has 0 spiro atoms. The molecule has 1 fully saturated rings. The van der Waals surface area contributed by atoms with E-state index in [4.69, 9.17) is 0 Å². The number of hydrogen-bond donors (Lipinski definition) is 1. The highest BCUT2D eigenvalue weighted by Crippen LogP contribution is 2.35. The molecule has 1 aliphatic carbocycles. The fourth-order valence-corrected chi connectivity index (χ4v) is 3.79. The van der Waals surface area contributed by atoms with Crippen LogP contribution in [0.25, 0.3) is 0 Å². The maximum absolute atomic E-state index is 13.5. The third-order valence-corrected chi connectivity index (χ3v) is 5.24. The van der Waals surface area contributed by atoms with Crippen LogP contribution in [0, 0.1) is 11.6 Å². The standard InChI is InChI=1S/C18H19F2N3O2/c19-12-6-11(7-13(20)8-12)17(18(24)25)22-5-4-16-15(9-22)21-10-23(16)14-2-1-3-14/h6-8,10,14,17H,1-5,9H2,(H,24,25). The minimum atomic E-state index is -1.12. The largest absolute Gasteiger partial charge is 0.480 e. The van der Waals surface area contributed by atoms with E-state index < -0.39 is 23.6 Å². The second-order valence-electron chi connectivity index (χ2n) is 6.79. The van der Waals surface area contributed by atoms with Gasteiger partial charge in [0.05, 0.1) is 12.0 Å². The fourth-order valence-electron chi connectivity index (χ4n) is 3.79. The average molecular weight is 347 g/mol. The molecule has 1 unspecified atom stereocenters. The predicted molar refractivity (Wildman–Crippen MR) is 86.0 cm³/mol. The predicted octanol–water partition coefficient (Wildman–Crippen LogP) is 3.07. The number of aliphatic carboxylic acids is 1. The van der Waals surface area contributed by atoms with Crippen molar-refractivity contribution in [1.29, 1.82) is 0 Å². The Bertz CT molecular complexity index is 796. The third kappa shape index (κ3) is 2.93. The van der Waals surface area contributed by atoms with Crippen molar-refractivity contribution in [1.82, 2.24) is 14.5 Å². The molecule has 0 saturated heterocycles. The van der Waals surface area contributed by atoms with Gasteiger partial charge in [0.25, 0.3) is 0 Å². The maximum Gasteiger partial charge on any atom is 0.325 e. The topological polar surface area (TPSA) is 58.4 Å². The van der Waals surface area contributed by atoms with Crippen LogP contribution in [0.1, 0.15) is 48.3 Å². The number of aromatic nitrogens is 2. The number of fused-ring (bicyclic) bond motifs is 1. The Morgan fingerprint density at radius 3 is 2.56 bits per heavy atom. The van der Waals surface area contributed by atoms with Gasteiger partial charge < -0.3 is 9.67 Å². The number of hydrogen-bond acceptors (Lipinski definition) is 3. The first-order valence-corrected chi connectivity index (χ1v) is 8.50. The number of carboxylic acid groups (broad SMARTS) is 1. The van der Waals surface area contributed by atoms with Gasteiger partial charge in [-0.2, -0.15) is 0 Å². The molecule has 1 aromatic heterocycles. The molecule has 0 radical (unpaired) electrons. The molecule has 0 amide bonds. The molecule has 25 heavy (non-hydrogen) atoms. The molecule has 1 saturated carbocycles. The van der Waals surface area contributed by atoms with Gasteiger partial charge in [0.15, 0.2) is 0 Å². The number of benzene rings is 1. The summed E-state index contributed by atoms with van der Waals surface area (Å²) in [5.74, 6) is -2.66. The molecule has 1 atom stereocenters. The zero-order chi connectivity index (χ0) is 17.6. The van der Waals surface area contributed by atoms with Gasteiger partial charge in [-0.25, -0.2) is 13.8 Å². The van der Waals surface area contributed by atoms with E-state index in [2.05, 4.69) is 9.55 Å². The molecule has 1 aromatic carbocycles. The highest BCUT2D eigenvalue weighted by atomic mass is 19.1. The molecule has 2 aliphatic rings. The summed E-state index contributed by atoms with van der Waals surface area (Å²) in [5, 5.41) is 9.64. The van der Waals surface area contributed by atoms with Crippen molar-refractivity contribution >= 4 is 5.97 Å². The summed E-state index contributed by atoms with van der Waals surface area (Å²) in [6.45, 7) is 0.880. The van der Waals surface area contributed by atoms with E-state index in [9.17, 15) is 18.7 Å². The van der Waals surface area contributed by atoms with Gasteiger partial charge in [-0.1, -0.05) is 0 Å². The average Bonchev–Trinajstić information content (AvgIpc) is 2.87. The Morgan fingerprint density at radius 1 is 1.24 bits per heavy atom. The van der Waals surface area contributed by atoms with Crippen LogP contribution in [0.4, 0.5) is 8.78 Å². The number of imidazole rings is 1. The van der Waals surface area contributed by atoms with Crippen LogP contribution in [-0.4, -0.2) is 32.1 Å². The van der Waals surface area contributed by atoms with Gasteiger partial charge in [-0.3, -0.25) is 9.69 Å². The smallest absolute Gasteiger partial charge is 0.325 e. The van der Waals surface area contributed by atoms with E-state index in [0.29, 0.717) is 25.6 Å². The number of halogens is 2. The quantitative estimate of drug-likeness (QED) is 0.923. The van der Waals surface area contributed by atoms with Crippen molar-refractivity contribution in [2.75, 3.05) is 6.54 Å². The Hall–Kier alpha value is -2.28. The Labute approximate surface area is 143 Å². The second kappa shape index (κ2) is 6.22. The van der Waals surface area contributed by atoms with Crippen molar-refractivity contribution in [2.45, 2.75) is 44.3 Å². The lowest BCUT2D eigenvalue weighted by Gasteiger charge is -2.34. The van der Waals surface area contributed by atoms with Crippen molar-refractivity contribution in [3.05, 3.63) is 53.1 Å². The normalized spacial score (nSPS) is 19.3. The van der Waals surface area contributed by atoms with E-state index in [-0.39, 0.29) is 5.56 Å². The number of carboxylic acids is 1. The van der Waals surface area contributed by atoms with Crippen LogP contribution in [0.5, 0.6) is 0 Å². The lowest BCUT2D eigenvalue weighted by atomic mass is 9.92. The highest BCUT2D eigenvalue weighted by molar-refractivity contribution is 5.75. The van der Waals surface area contributed by atoms with Gasteiger partial charge >= 0.3 is 5.97 Å². The van der Waals surface area contributed by atoms with Crippen LogP contribution in [0.3, 0.4) is 0 Å². The minimum Gasteiger partial charge on any atom is -0.480 e. The van der Waals surface area contributed by atoms with E-state index >= 15 is 0 Å². The summed E-state index contributed by atoms with van der Waals surface area (Å²) in [5.41, 5.74) is 2.14. The van der Waals surface area contributed by atoms with E-state index in [1.807, 2.05) is 6.33 Å². The number of carbonyl (C=O) groups is 1. The van der Waals surface area contributed by atoms with E-state index in [0.717, 1.165) is 42.4 Å². The minimum absolute atomic E-state index is 0.117. The first kappa shape index (κ1) is 16.2. The monoisotopic (exact) mass is 347 g/mol. The van der Waals surface area contributed by atoms with Crippen LogP contribution < -0.4 is 0 Å². The molecule has 1 aliphatic heterocycles. The zero-order valence-electron chi connectivity index (χ0n) is 13.7. The van der Waals surface area contributed by atoms with Gasteiger partial charge in [0.2, 0.25) is 0 Å². The van der Waals surface area contributed by atoms with Crippen LogP contribution in [-0.2, 0) is 17.8 Å². The lowest BCUT2D eigenvalue weighted by Crippen LogP contribution is -2.39. The molecule has 2 aromatic rings. The van der Waals surface area contributed by atoms with Crippen LogP contribution in [0.2, 0.25) is 0 Å². The summed E-state index contributed by atoms with van der Waals surface area (Å²) in [7, 11) is 0. The van der Waals surface area contributed by atoms with Crippen molar-refractivity contribution in [3.63, 3.8) is 0 Å². The van der Waals surface area contributed by atoms with Gasteiger partial charge in [0.1, 0.15) is 17.7 Å². The van der Waals surface area contributed by atoms with Crippen LogP contribution >= 0.6 is 0 Å². The molecular weight excluding hydrogens is 328 g/mol. The Kier molecular flexibility index (Phi) is 4.03. The number of nitrogens with zero attached hydrogens (tertiary/aromatic N) is 3. The summed E-state index contributed by atoms with van der Waals surface area (Å²) in [6, 6.07) is 2.34. The van der Waals surface area contributed by atoms with Gasteiger partial charge in [-0.05, 0) is 37.0 Å². The summed E-state index contributed by atoms with van der Waals surface area (Å²) >= 11 is 0. The fraction of sp³-hybridized carbons (Fsp3) is 0.444. The first-order chi connectivity index (χ1) is 12.0. The molecule has 0 bridgehead atoms. The van der Waals surface area contributed by atoms with E-state index in [1.54, 1.807) is 4.90 Å². The third-order valence-electron chi connectivity index (χ3n) is 5.24. The maximum atomic E-state index is 13.5. The first-order valence-electron chi connectivity index (χ1n) is 8.50. The molecule has 5 nitrogen and oxygen atoms in total. The Balaban J connectivity index is 1.61. The summed E-state index contributed by atoms with van der Waals surface area (Å²) in [6.07, 6.45) is 6.08. The summed E-state index contributed by atoms with van der Waals surface area (Å²) in [4.78, 5) is 18.0.